The van der Waals surface area contributed by atoms with Crippen LogP contribution in [-0.4, -0.2) is 131 Å². The Bertz CT molecular complexity index is 8110. The molecule has 9 nitrogen and oxygen atoms in total. The standard InChI is InChI=1S/C21H21NPSi2.2C19H15NPSi.C17H9N2Se2.2C17H9N2Se.6Ir/c1-24(2)16-10-6-5-9-15(16)23-20-17(24)11-7-12-18(20)25(3,4)19-13-8-14-22-21(19)23;1-22(2)16-10-4-3-9-15(16)21-18-13(7-5-11-17(18)22)14-8-6-12-20-19(14)21;1-22(2)16-10-5-8-14-13-7-3-4-9-15(13)21(18(14)16)19-17(22)11-6-12-20-19;1-2-6-12-11(5-1)19-16-13(20-12)7-3-8-14(16)21-15-9-4-10-18-17(15)19;1-2-8-14-13(7-1)19-16-11(5-3-9-15(16)20-14)12-6-4-10-18-17(12)19;1-2-7-13-11(5-1)12-6-3-8-14-16(12)19(13)17-15(20-14)9-4-10-18-17;;;;;;/h5-8,10-14H,1-4H3;2*3-8,10-12H,1-2H3;1-4,6-10H;2*1-6,8-10H;;;;;;/q6*-1;;;;;;. The van der Waals surface area contributed by atoms with Crippen molar-refractivity contribution in [2.45, 2.75) is 52.4 Å². The molecule has 0 aliphatic carbocycles. The van der Waals surface area contributed by atoms with Crippen LogP contribution in [0.4, 0.5) is 17.2 Å². The second-order valence-electron chi connectivity index (χ2n) is 35.6. The Balaban J connectivity index is 0.000000104. The molecule has 0 amide bonds. The fourth-order valence-corrected chi connectivity index (χ4v) is 57.9. The second kappa shape index (κ2) is 38.6. The molecule has 12 aromatic carbocycles. The van der Waals surface area contributed by atoms with Gasteiger partial charge in [0.1, 0.15) is 16.1 Å². The van der Waals surface area contributed by atoms with Gasteiger partial charge in [0.15, 0.2) is 0 Å². The molecule has 0 N–H and O–H groups in total. The van der Waals surface area contributed by atoms with Crippen molar-refractivity contribution >= 4 is 311 Å². The number of fused-ring (bicyclic) bond motifs is 28. The van der Waals surface area contributed by atoms with E-state index in [-0.39, 0.29) is 121 Å². The van der Waals surface area contributed by atoms with Gasteiger partial charge in [0, 0.05) is 150 Å². The van der Waals surface area contributed by atoms with Crippen molar-refractivity contribution < 1.29 is 121 Å². The first-order valence-electron chi connectivity index (χ1n) is 43.7. The molecule has 10 aromatic heterocycles. The molecule has 3 unspecified atom stereocenters. The molecule has 6 radical (unpaired) electrons. The van der Waals surface area contributed by atoms with Gasteiger partial charge in [-0.15, -0.1) is 31.5 Å². The molecule has 0 bridgehead atoms. The number of anilines is 3. The van der Waals surface area contributed by atoms with E-state index in [1.54, 1.807) is 46.7 Å². The molecule has 30 rings (SSSR count). The van der Waals surface area contributed by atoms with Crippen molar-refractivity contribution in [2.24, 2.45) is 0 Å². The van der Waals surface area contributed by atoms with Crippen LogP contribution >= 0.6 is 23.0 Å². The van der Waals surface area contributed by atoms with Crippen LogP contribution in [0.3, 0.4) is 0 Å². The molecule has 26 heteroatoms. The van der Waals surface area contributed by atoms with E-state index in [0.29, 0.717) is 59.8 Å². The van der Waals surface area contributed by atoms with E-state index < -0.39 is 55.3 Å². The number of benzene rings is 12. The normalized spacial score (nSPS) is 15.0. The van der Waals surface area contributed by atoms with E-state index in [2.05, 4.69) is 366 Å². The fourth-order valence-electron chi connectivity index (χ4n) is 21.0. The molecule has 0 saturated carbocycles. The first kappa shape index (κ1) is 97.6. The van der Waals surface area contributed by atoms with Gasteiger partial charge in [-0.3, -0.25) is 15.0 Å². The van der Waals surface area contributed by atoms with Crippen molar-refractivity contribution in [3.63, 3.8) is 0 Å². The Morgan fingerprint density at radius 2 is 0.676 bits per heavy atom. The molecule has 0 spiro atoms. The maximum absolute atomic E-state index is 4.95. The van der Waals surface area contributed by atoms with E-state index in [1.807, 2.05) is 79.6 Å². The molecule has 678 valence electrons. The van der Waals surface area contributed by atoms with Gasteiger partial charge in [-0.2, -0.15) is 72.8 Å². The van der Waals surface area contributed by atoms with Crippen LogP contribution < -0.4 is 98.1 Å². The number of aromatic nitrogens is 8. The monoisotopic (exact) mass is 3210 g/mol. The summed E-state index contributed by atoms with van der Waals surface area (Å²) in [4.78, 5) is 30.8. The first-order chi connectivity index (χ1) is 63.6. The summed E-state index contributed by atoms with van der Waals surface area (Å²) in [6.07, 6.45) is 11.5. The van der Waals surface area contributed by atoms with Crippen LogP contribution in [-0.2, 0) is 121 Å². The summed E-state index contributed by atoms with van der Waals surface area (Å²) in [7, 11) is -8.31. The quantitative estimate of drug-likeness (QED) is 0.0849. The number of rotatable bonds is 0. The third-order valence-corrected chi connectivity index (χ3v) is 59.5. The minimum absolute atomic E-state index is 0. The van der Waals surface area contributed by atoms with Gasteiger partial charge < -0.3 is 0 Å². The van der Waals surface area contributed by atoms with E-state index in [9.17, 15) is 0 Å². The average Bonchev–Trinajstić information content (AvgIpc) is 1.47. The second-order valence-corrected chi connectivity index (χ2v) is 67.9. The number of hydrogen-bond acceptors (Lipinski definition) is 7. The predicted molar refractivity (Wildman–Crippen MR) is 566 cm³/mol. The van der Waals surface area contributed by atoms with Crippen LogP contribution in [0, 0.1) is 36.4 Å². The van der Waals surface area contributed by atoms with Gasteiger partial charge >= 0.3 is 379 Å². The maximum atomic E-state index is 4.95. The molecule has 0 saturated heterocycles. The van der Waals surface area contributed by atoms with Crippen molar-refractivity contribution in [2.75, 3.05) is 4.90 Å². The van der Waals surface area contributed by atoms with Crippen LogP contribution in [0.25, 0.3) is 108 Å². The Hall–Kier alpha value is -7.19. The third-order valence-electron chi connectivity index (χ3n) is 27.0. The molecule has 3 atom stereocenters. The van der Waals surface area contributed by atoms with E-state index in [1.165, 1.54) is 149 Å². The fraction of sp³-hybridized carbons (Fsp3) is 0.0727. The topological polar surface area (TPSA) is 90.4 Å². The molecular weight excluding hydrogens is 3120 g/mol. The van der Waals surface area contributed by atoms with E-state index in [0.717, 1.165) is 22.8 Å². The summed E-state index contributed by atoms with van der Waals surface area (Å²) in [5.74, 6) is 2.17. The van der Waals surface area contributed by atoms with Crippen molar-refractivity contribution in [1.82, 2.24) is 39.0 Å². The molecule has 0 fully saturated rings. The number of hydrogen-bond donors (Lipinski definition) is 0. The minimum atomic E-state index is -1.71. The van der Waals surface area contributed by atoms with Crippen LogP contribution in [0.1, 0.15) is 0 Å². The van der Waals surface area contributed by atoms with Crippen LogP contribution in [0.2, 0.25) is 52.4 Å². The average molecular weight is 3200 g/mol. The van der Waals surface area contributed by atoms with Crippen molar-refractivity contribution in [3.05, 3.63) is 365 Å². The summed E-state index contributed by atoms with van der Waals surface area (Å²) >= 11 is 1.37. The molecule has 136 heavy (non-hydrogen) atoms. The van der Waals surface area contributed by atoms with Gasteiger partial charge in [-0.1, -0.05) is 156 Å². The molecule has 18 heterocycles. The molecule has 8 aliphatic heterocycles. The zero-order valence-corrected chi connectivity index (χ0v) is 102. The van der Waals surface area contributed by atoms with Gasteiger partial charge in [0.05, 0.1) is 32.3 Å². The van der Waals surface area contributed by atoms with Gasteiger partial charge in [-0.25, -0.2) is 0 Å². The van der Waals surface area contributed by atoms with E-state index >= 15 is 0 Å². The summed E-state index contributed by atoms with van der Waals surface area (Å²) in [5.41, 5.74) is 11.2. The molecule has 22 aromatic rings. The Labute approximate surface area is 904 Å². The zero-order valence-electron chi connectivity index (χ0n) is 74.2. The third kappa shape index (κ3) is 15.4. The Morgan fingerprint density at radius 1 is 0.279 bits per heavy atom. The Morgan fingerprint density at radius 3 is 1.38 bits per heavy atom. The Kier molecular flexibility index (Phi) is 27.7. The number of pyridine rings is 6. The summed E-state index contributed by atoms with van der Waals surface area (Å²) in [6, 6.07) is 126. The van der Waals surface area contributed by atoms with Crippen molar-refractivity contribution in [1.29, 1.82) is 0 Å². The summed E-state index contributed by atoms with van der Waals surface area (Å²) < 4.78 is 15.8. The molecular formula is C110H78Ir6N9P3Se4Si4-6. The SMILES string of the molecule is C[Si]1(C)c2ccc[c-]c2-p2c3ncccc3c3cccc1c32.C[Si]1(C)c2ccc[c-]c2P2c3ncccc3[Si](C)(C)c3cccc1c32.C[Si]1(C)c2cccnc2-p2c3[c-]cccc3c3cccc1c32.[Ir].[Ir].[Ir].[Ir].[Ir].[Ir].[c-]1cccc2c1-n1c3ncccc3c3cccc(c31)[Se]2.[c-]1cccc2c1N1c3ncccc3[Se]c3cccc(c31)[Se]2.[c-]1cccc2c3cccc4c3n(c12)-c1ncccc1[Se]4. The summed E-state index contributed by atoms with van der Waals surface area (Å²) in [6.45, 7) is 19.9. The molecule has 8 aliphatic rings. The van der Waals surface area contributed by atoms with Gasteiger partial charge in [0.2, 0.25) is 0 Å². The van der Waals surface area contributed by atoms with Crippen LogP contribution in [0.15, 0.2) is 328 Å². The van der Waals surface area contributed by atoms with Gasteiger partial charge in [-0.05, 0) is 62.7 Å². The van der Waals surface area contributed by atoms with Crippen molar-refractivity contribution in [3.8, 4) is 22.2 Å². The first-order valence-corrected chi connectivity index (χ1v) is 66.6. The predicted octanol–water partition coefficient (Wildman–Crippen LogP) is 13.7. The zero-order chi connectivity index (χ0) is 87.2. The van der Waals surface area contributed by atoms with E-state index in [4.69, 9.17) is 15.0 Å². The van der Waals surface area contributed by atoms with Gasteiger partial charge in [0.25, 0.3) is 0 Å². The number of nitrogens with zero attached hydrogens (tertiary/aromatic N) is 9. The van der Waals surface area contributed by atoms with Crippen LogP contribution in [0.5, 0.6) is 0 Å². The summed E-state index contributed by atoms with van der Waals surface area (Å²) in [5, 5.41) is 33.5. The number of para-hydroxylation sites is 6.